The second-order valence-electron chi connectivity index (χ2n) is 5.47. The fourth-order valence-corrected chi connectivity index (χ4v) is 2.41. The fraction of sp³-hybridized carbons (Fsp3) is 0.294. The number of hydrogen-bond acceptors (Lipinski definition) is 2. The van der Waals surface area contributed by atoms with E-state index in [1.807, 2.05) is 45.3 Å². The molecule has 2 aromatic rings. The van der Waals surface area contributed by atoms with Crippen molar-refractivity contribution in [1.82, 2.24) is 4.90 Å². The first kappa shape index (κ1) is 15.8. The average molecular weight is 307 g/mol. The monoisotopic (exact) mass is 306 g/mol. The predicted octanol–water partition coefficient (Wildman–Crippen LogP) is 4.71. The minimum atomic E-state index is -0.217. The lowest BCUT2D eigenvalue weighted by Gasteiger charge is -2.18. The first-order valence-electron chi connectivity index (χ1n) is 6.91. The van der Waals surface area contributed by atoms with Crippen LogP contribution in [0, 0.1) is 5.82 Å². The van der Waals surface area contributed by atoms with Crippen molar-refractivity contribution in [2.24, 2.45) is 0 Å². The van der Waals surface area contributed by atoms with Gasteiger partial charge in [0.2, 0.25) is 0 Å². The van der Waals surface area contributed by atoms with E-state index < -0.39 is 0 Å². The largest absolute Gasteiger partial charge is 0.379 e. The molecule has 0 saturated heterocycles. The second kappa shape index (κ2) is 6.92. The molecule has 0 aliphatic heterocycles. The number of halogens is 2. The molecule has 4 heteroatoms. The third kappa shape index (κ3) is 4.45. The second-order valence-corrected chi connectivity index (χ2v) is 5.87. The Morgan fingerprint density at radius 1 is 1.19 bits per heavy atom. The zero-order valence-corrected chi connectivity index (χ0v) is 13.3. The highest BCUT2D eigenvalue weighted by Crippen LogP contribution is 2.25. The van der Waals surface area contributed by atoms with Crippen LogP contribution in [0.4, 0.5) is 10.1 Å². The van der Waals surface area contributed by atoms with Gasteiger partial charge in [0.15, 0.2) is 0 Å². The van der Waals surface area contributed by atoms with E-state index in [2.05, 4.69) is 10.2 Å². The van der Waals surface area contributed by atoms with Gasteiger partial charge in [0, 0.05) is 23.3 Å². The summed E-state index contributed by atoms with van der Waals surface area (Å²) in [5.41, 5.74) is 2.96. The van der Waals surface area contributed by atoms with Crippen molar-refractivity contribution in [1.29, 1.82) is 0 Å². The maximum atomic E-state index is 13.3. The van der Waals surface area contributed by atoms with Crippen molar-refractivity contribution in [2.75, 3.05) is 19.4 Å². The summed E-state index contributed by atoms with van der Waals surface area (Å²) < 4.78 is 13.3. The maximum Gasteiger partial charge on any atom is 0.123 e. The standard InChI is InChI=1S/C17H20ClFN2/c1-12(13-5-4-6-15(19)9-13)20-16-7-8-17(18)14(10-16)11-21(2)3/h4-10,12,20H,11H2,1-3H3. The number of nitrogens with one attached hydrogen (secondary N) is 1. The van der Waals surface area contributed by atoms with E-state index >= 15 is 0 Å². The first-order chi connectivity index (χ1) is 9.95. The van der Waals surface area contributed by atoms with E-state index in [9.17, 15) is 4.39 Å². The summed E-state index contributed by atoms with van der Waals surface area (Å²) in [5, 5.41) is 4.14. The van der Waals surface area contributed by atoms with Gasteiger partial charge in [0.05, 0.1) is 0 Å². The molecule has 0 aliphatic carbocycles. The Morgan fingerprint density at radius 2 is 1.95 bits per heavy atom. The molecule has 0 saturated carbocycles. The maximum absolute atomic E-state index is 13.3. The van der Waals surface area contributed by atoms with E-state index in [0.29, 0.717) is 0 Å². The van der Waals surface area contributed by atoms with Crippen molar-refractivity contribution >= 4 is 17.3 Å². The van der Waals surface area contributed by atoms with E-state index in [-0.39, 0.29) is 11.9 Å². The van der Waals surface area contributed by atoms with E-state index in [4.69, 9.17) is 11.6 Å². The molecule has 2 nitrogen and oxygen atoms in total. The molecular weight excluding hydrogens is 287 g/mol. The Kier molecular flexibility index (Phi) is 5.21. The van der Waals surface area contributed by atoms with Crippen LogP contribution in [0.2, 0.25) is 5.02 Å². The fourth-order valence-electron chi connectivity index (χ4n) is 2.24. The van der Waals surface area contributed by atoms with Crippen molar-refractivity contribution in [3.05, 3.63) is 64.4 Å². The first-order valence-corrected chi connectivity index (χ1v) is 7.28. The number of rotatable bonds is 5. The van der Waals surface area contributed by atoms with Gasteiger partial charge in [0.25, 0.3) is 0 Å². The van der Waals surface area contributed by atoms with Crippen molar-refractivity contribution in [3.8, 4) is 0 Å². The smallest absolute Gasteiger partial charge is 0.123 e. The van der Waals surface area contributed by atoms with Crippen LogP contribution in [-0.2, 0) is 6.54 Å². The van der Waals surface area contributed by atoms with Gasteiger partial charge in [-0.3, -0.25) is 0 Å². The van der Waals surface area contributed by atoms with Crippen LogP contribution in [0.1, 0.15) is 24.1 Å². The Bertz CT molecular complexity index is 613. The number of benzene rings is 2. The van der Waals surface area contributed by atoms with Gasteiger partial charge in [0.1, 0.15) is 5.82 Å². The Balaban J connectivity index is 2.15. The molecule has 21 heavy (non-hydrogen) atoms. The summed E-state index contributed by atoms with van der Waals surface area (Å²) >= 11 is 6.21. The third-order valence-corrected chi connectivity index (χ3v) is 3.63. The predicted molar refractivity (Wildman–Crippen MR) is 87.3 cm³/mol. The Hall–Kier alpha value is -1.58. The highest BCUT2D eigenvalue weighted by Gasteiger charge is 2.08. The highest BCUT2D eigenvalue weighted by atomic mass is 35.5. The summed E-state index contributed by atoms with van der Waals surface area (Å²) in [6.07, 6.45) is 0. The van der Waals surface area contributed by atoms with Crippen LogP contribution in [0.5, 0.6) is 0 Å². The average Bonchev–Trinajstić information content (AvgIpc) is 2.42. The zero-order valence-electron chi connectivity index (χ0n) is 12.5. The van der Waals surface area contributed by atoms with Gasteiger partial charge >= 0.3 is 0 Å². The van der Waals surface area contributed by atoms with Gasteiger partial charge in [-0.1, -0.05) is 23.7 Å². The summed E-state index contributed by atoms with van der Waals surface area (Å²) in [7, 11) is 4.01. The van der Waals surface area contributed by atoms with Crippen molar-refractivity contribution in [3.63, 3.8) is 0 Å². The summed E-state index contributed by atoms with van der Waals surface area (Å²) in [6, 6.07) is 12.5. The molecule has 0 amide bonds. The van der Waals surface area contributed by atoms with E-state index in [1.54, 1.807) is 12.1 Å². The van der Waals surface area contributed by atoms with Gasteiger partial charge in [-0.25, -0.2) is 4.39 Å². The van der Waals surface area contributed by atoms with Crippen LogP contribution in [-0.4, -0.2) is 19.0 Å². The van der Waals surface area contributed by atoms with Gasteiger partial charge in [-0.15, -0.1) is 0 Å². The molecule has 1 N–H and O–H groups in total. The summed E-state index contributed by atoms with van der Waals surface area (Å²) in [5.74, 6) is -0.217. The minimum Gasteiger partial charge on any atom is -0.379 e. The third-order valence-electron chi connectivity index (χ3n) is 3.26. The van der Waals surface area contributed by atoms with E-state index in [1.165, 1.54) is 6.07 Å². The zero-order chi connectivity index (χ0) is 15.4. The van der Waals surface area contributed by atoms with Gasteiger partial charge < -0.3 is 10.2 Å². The molecule has 112 valence electrons. The van der Waals surface area contributed by atoms with Crippen LogP contribution in [0.25, 0.3) is 0 Å². The quantitative estimate of drug-likeness (QED) is 0.860. The minimum absolute atomic E-state index is 0.0223. The topological polar surface area (TPSA) is 15.3 Å². The molecule has 0 bridgehead atoms. The number of hydrogen-bond donors (Lipinski definition) is 1. The van der Waals surface area contributed by atoms with Crippen LogP contribution < -0.4 is 5.32 Å². The molecule has 0 heterocycles. The number of nitrogens with zero attached hydrogens (tertiary/aromatic N) is 1. The highest BCUT2D eigenvalue weighted by molar-refractivity contribution is 6.31. The lowest BCUT2D eigenvalue weighted by atomic mass is 10.1. The van der Waals surface area contributed by atoms with Gasteiger partial charge in [-0.05, 0) is 62.5 Å². The lowest BCUT2D eigenvalue weighted by molar-refractivity contribution is 0.402. The molecule has 0 aromatic heterocycles. The Morgan fingerprint density at radius 3 is 2.62 bits per heavy atom. The molecule has 2 aromatic carbocycles. The molecule has 0 fully saturated rings. The molecule has 2 rings (SSSR count). The van der Waals surface area contributed by atoms with Crippen molar-refractivity contribution < 1.29 is 4.39 Å². The summed E-state index contributed by atoms with van der Waals surface area (Å²) in [6.45, 7) is 2.79. The van der Waals surface area contributed by atoms with Crippen LogP contribution in [0.3, 0.4) is 0 Å². The SMILES string of the molecule is CC(Nc1ccc(Cl)c(CN(C)C)c1)c1cccc(F)c1. The molecule has 0 spiro atoms. The molecule has 1 atom stereocenters. The molecular formula is C17H20ClFN2. The van der Waals surface area contributed by atoms with Gasteiger partial charge in [-0.2, -0.15) is 0 Å². The van der Waals surface area contributed by atoms with Crippen LogP contribution in [0.15, 0.2) is 42.5 Å². The molecule has 0 radical (unpaired) electrons. The normalized spacial score (nSPS) is 12.5. The van der Waals surface area contributed by atoms with Crippen LogP contribution >= 0.6 is 11.6 Å². The Labute approximate surface area is 130 Å². The van der Waals surface area contributed by atoms with Crippen molar-refractivity contribution in [2.45, 2.75) is 19.5 Å². The number of anilines is 1. The molecule has 1 unspecified atom stereocenters. The molecule has 0 aliphatic rings. The van der Waals surface area contributed by atoms with E-state index in [0.717, 1.165) is 28.4 Å². The summed E-state index contributed by atoms with van der Waals surface area (Å²) in [4.78, 5) is 2.07. The lowest BCUT2D eigenvalue weighted by Crippen LogP contribution is -2.12.